The van der Waals surface area contributed by atoms with Crippen molar-refractivity contribution in [3.8, 4) is 5.75 Å². The van der Waals surface area contributed by atoms with Crippen LogP contribution in [0.4, 0.5) is 5.69 Å². The van der Waals surface area contributed by atoms with Crippen molar-refractivity contribution in [2.24, 2.45) is 21.2 Å². The first-order valence-corrected chi connectivity index (χ1v) is 10.7. The van der Waals surface area contributed by atoms with Gasteiger partial charge in [0, 0.05) is 16.8 Å². The summed E-state index contributed by atoms with van der Waals surface area (Å²) >= 11 is 0. The van der Waals surface area contributed by atoms with Crippen LogP contribution in [-0.2, 0) is 16.1 Å². The molecule has 2 atom stereocenters. The molecule has 3 amide bonds. The lowest BCUT2D eigenvalue weighted by atomic mass is 10.0. The summed E-state index contributed by atoms with van der Waals surface area (Å²) in [5.41, 5.74) is 9.55. The molecule has 11 nitrogen and oxygen atoms in total. The molecule has 11 heteroatoms. The van der Waals surface area contributed by atoms with E-state index in [9.17, 15) is 14.4 Å². The highest BCUT2D eigenvalue weighted by atomic mass is 16.5. The third-order valence-corrected chi connectivity index (χ3v) is 5.37. The fourth-order valence-corrected chi connectivity index (χ4v) is 3.59. The lowest BCUT2D eigenvalue weighted by Crippen LogP contribution is -2.32. The second-order valence-electron chi connectivity index (χ2n) is 7.72. The van der Waals surface area contributed by atoms with E-state index in [1.165, 1.54) is 30.5 Å². The topological polar surface area (TPSA) is 151 Å². The van der Waals surface area contributed by atoms with Crippen LogP contribution in [0.5, 0.6) is 5.75 Å². The van der Waals surface area contributed by atoms with Gasteiger partial charge in [-0.3, -0.25) is 19.4 Å². The van der Waals surface area contributed by atoms with Crippen molar-refractivity contribution < 1.29 is 19.1 Å². The van der Waals surface area contributed by atoms with Gasteiger partial charge in [0.25, 0.3) is 0 Å². The molecule has 4 rings (SSSR count). The summed E-state index contributed by atoms with van der Waals surface area (Å²) in [6.07, 6.45) is 9.40. The number of nitrogens with one attached hydrogen (secondary N) is 2. The average Bonchev–Trinajstić information content (AvgIpc) is 3.27. The lowest BCUT2D eigenvalue weighted by Gasteiger charge is -2.24. The van der Waals surface area contributed by atoms with Crippen LogP contribution in [0.25, 0.3) is 0 Å². The third kappa shape index (κ3) is 5.58. The predicted molar refractivity (Wildman–Crippen MR) is 129 cm³/mol. The molecule has 0 saturated carbocycles. The van der Waals surface area contributed by atoms with Gasteiger partial charge in [0.15, 0.2) is 0 Å². The summed E-state index contributed by atoms with van der Waals surface area (Å²) in [7, 11) is 1.59. The SMILES string of the molecule is COc1ccc(/C=N/NC(=O)C(=O)Nc2ccc(C(N)=O)cc2)cc1CN1N=NC2C=CC=CC21. The highest BCUT2D eigenvalue weighted by Gasteiger charge is 2.30. The number of anilines is 1. The van der Waals surface area contributed by atoms with Gasteiger partial charge in [0.2, 0.25) is 5.91 Å². The number of fused-ring (bicyclic) bond motifs is 1. The number of nitrogens with two attached hydrogens (primary N) is 1. The van der Waals surface area contributed by atoms with E-state index in [1.807, 2.05) is 29.3 Å². The van der Waals surface area contributed by atoms with Crippen LogP contribution in [0.1, 0.15) is 21.5 Å². The van der Waals surface area contributed by atoms with Crippen LogP contribution in [0.2, 0.25) is 0 Å². The van der Waals surface area contributed by atoms with E-state index in [0.29, 0.717) is 23.5 Å². The fourth-order valence-electron chi connectivity index (χ4n) is 3.59. The number of hydrogen-bond donors (Lipinski definition) is 3. The number of carbonyl (C=O) groups excluding carboxylic acids is 3. The molecular weight excluding hydrogens is 450 g/mol. The van der Waals surface area contributed by atoms with Crippen LogP contribution in [-0.4, -0.2) is 48.1 Å². The maximum absolute atomic E-state index is 12.1. The number of hydrogen-bond acceptors (Lipinski definition) is 8. The van der Waals surface area contributed by atoms with E-state index in [-0.39, 0.29) is 17.6 Å². The number of benzene rings is 2. The molecule has 0 radical (unpaired) electrons. The van der Waals surface area contributed by atoms with Gasteiger partial charge in [-0.1, -0.05) is 29.5 Å². The van der Waals surface area contributed by atoms with Crippen molar-refractivity contribution in [2.75, 3.05) is 12.4 Å². The maximum Gasteiger partial charge on any atom is 0.329 e. The molecule has 1 heterocycles. The Balaban J connectivity index is 1.36. The molecule has 1 aliphatic carbocycles. The predicted octanol–water partition coefficient (Wildman–Crippen LogP) is 1.93. The van der Waals surface area contributed by atoms with E-state index >= 15 is 0 Å². The number of methoxy groups -OCH3 is 1. The number of amides is 3. The minimum absolute atomic E-state index is 0.00168. The molecule has 2 aliphatic rings. The van der Waals surface area contributed by atoms with Crippen LogP contribution >= 0.6 is 0 Å². The molecule has 4 N–H and O–H groups in total. The van der Waals surface area contributed by atoms with Crippen molar-refractivity contribution in [3.63, 3.8) is 0 Å². The molecule has 0 saturated heterocycles. The van der Waals surface area contributed by atoms with Crippen molar-refractivity contribution in [1.82, 2.24) is 10.4 Å². The zero-order chi connectivity index (χ0) is 24.8. The Bertz CT molecular complexity index is 1250. The molecular formula is C24H23N7O4. The molecule has 1 aliphatic heterocycles. The monoisotopic (exact) mass is 473 g/mol. The standard InChI is InChI=1S/C24H23N7O4/c1-35-21-11-6-15(12-17(21)14-31-20-5-3-2-4-19(20)28-30-31)13-26-29-24(34)23(33)27-18-9-7-16(8-10-18)22(25)32/h2-13,19-20H,14H2,1H3,(H2,25,32)(H,27,33)(H,29,34)/b26-13+. The molecule has 0 bridgehead atoms. The largest absolute Gasteiger partial charge is 0.496 e. The molecule has 178 valence electrons. The van der Waals surface area contributed by atoms with Gasteiger partial charge in [0.1, 0.15) is 11.8 Å². The van der Waals surface area contributed by atoms with Crippen molar-refractivity contribution in [3.05, 3.63) is 83.5 Å². The van der Waals surface area contributed by atoms with Gasteiger partial charge in [-0.15, -0.1) is 0 Å². The maximum atomic E-state index is 12.1. The zero-order valence-corrected chi connectivity index (χ0v) is 18.8. The minimum Gasteiger partial charge on any atom is -0.496 e. The first kappa shape index (κ1) is 23.4. The van der Waals surface area contributed by atoms with E-state index < -0.39 is 17.7 Å². The van der Waals surface area contributed by atoms with Crippen LogP contribution in [0.3, 0.4) is 0 Å². The Morgan fingerprint density at radius 1 is 1.11 bits per heavy atom. The summed E-state index contributed by atoms with van der Waals surface area (Å²) in [6, 6.07) is 11.3. The van der Waals surface area contributed by atoms with E-state index in [0.717, 1.165) is 5.56 Å². The second-order valence-corrected chi connectivity index (χ2v) is 7.72. The van der Waals surface area contributed by atoms with Gasteiger partial charge in [-0.05, 0) is 48.0 Å². The fraction of sp³-hybridized carbons (Fsp3) is 0.167. The number of ether oxygens (including phenoxy) is 1. The molecule has 0 aromatic heterocycles. The Morgan fingerprint density at radius 2 is 1.89 bits per heavy atom. The van der Waals surface area contributed by atoms with E-state index in [4.69, 9.17) is 10.5 Å². The molecule has 2 unspecified atom stereocenters. The number of rotatable bonds is 7. The number of hydrazone groups is 1. The molecule has 0 fully saturated rings. The normalized spacial score (nSPS) is 17.9. The summed E-state index contributed by atoms with van der Waals surface area (Å²) in [5.74, 6) is -1.77. The lowest BCUT2D eigenvalue weighted by molar-refractivity contribution is -0.136. The highest BCUT2D eigenvalue weighted by Crippen LogP contribution is 2.28. The van der Waals surface area contributed by atoms with Crippen LogP contribution < -0.4 is 21.2 Å². The van der Waals surface area contributed by atoms with Crippen LogP contribution in [0.15, 0.2) is 82.2 Å². The first-order chi connectivity index (χ1) is 16.9. The number of nitrogens with zero attached hydrogens (tertiary/aromatic N) is 4. The third-order valence-electron chi connectivity index (χ3n) is 5.37. The van der Waals surface area contributed by atoms with Crippen LogP contribution in [0, 0.1) is 0 Å². The minimum atomic E-state index is -0.949. The smallest absolute Gasteiger partial charge is 0.329 e. The molecule has 35 heavy (non-hydrogen) atoms. The van der Waals surface area contributed by atoms with Crippen molar-refractivity contribution in [1.29, 1.82) is 0 Å². The summed E-state index contributed by atoms with van der Waals surface area (Å²) in [6.45, 7) is 0.469. The Hall–Kier alpha value is -4.80. The molecule has 2 aromatic rings. The first-order valence-electron chi connectivity index (χ1n) is 10.7. The van der Waals surface area contributed by atoms with E-state index in [2.05, 4.69) is 32.3 Å². The number of allylic oxidation sites excluding steroid dienone is 2. The zero-order valence-electron chi connectivity index (χ0n) is 18.8. The average molecular weight is 473 g/mol. The summed E-state index contributed by atoms with van der Waals surface area (Å²) in [5, 5.41) is 16.7. The van der Waals surface area contributed by atoms with E-state index in [1.54, 1.807) is 19.2 Å². The Morgan fingerprint density at radius 3 is 2.63 bits per heavy atom. The van der Waals surface area contributed by atoms with Crippen molar-refractivity contribution >= 4 is 29.6 Å². The number of primary amides is 1. The van der Waals surface area contributed by atoms with Crippen molar-refractivity contribution in [2.45, 2.75) is 18.6 Å². The van der Waals surface area contributed by atoms with Gasteiger partial charge >= 0.3 is 11.8 Å². The van der Waals surface area contributed by atoms with Gasteiger partial charge in [-0.25, -0.2) is 5.43 Å². The summed E-state index contributed by atoms with van der Waals surface area (Å²) in [4.78, 5) is 35.3. The molecule has 0 spiro atoms. The Labute approximate surface area is 201 Å². The quantitative estimate of drug-likeness (QED) is 0.319. The van der Waals surface area contributed by atoms with Gasteiger partial charge in [0.05, 0.1) is 25.9 Å². The van der Waals surface area contributed by atoms with Gasteiger partial charge < -0.3 is 15.8 Å². The van der Waals surface area contributed by atoms with Gasteiger partial charge in [-0.2, -0.15) is 10.2 Å². The second kappa shape index (κ2) is 10.4. The summed E-state index contributed by atoms with van der Waals surface area (Å²) < 4.78 is 5.47. The molecule has 2 aromatic carbocycles. The highest BCUT2D eigenvalue weighted by molar-refractivity contribution is 6.39. The Kier molecular flexibility index (Phi) is 6.96. The number of carbonyl (C=O) groups is 3.